The molecule has 2 aromatic carbocycles. The molecule has 0 spiro atoms. The van der Waals surface area contributed by atoms with Gasteiger partial charge in [0.1, 0.15) is 5.82 Å². The SMILES string of the molecule is COc1nn(-c2ccc(NC(=O)c3ccccc3F)cc2)c(=O)o1. The first-order valence-electron chi connectivity index (χ1n) is 6.89. The predicted molar refractivity (Wildman–Crippen MR) is 83.0 cm³/mol. The quantitative estimate of drug-likeness (QED) is 0.793. The van der Waals surface area contributed by atoms with E-state index in [4.69, 9.17) is 9.15 Å². The molecule has 1 aromatic heterocycles. The van der Waals surface area contributed by atoms with Crippen LogP contribution in [0.5, 0.6) is 6.08 Å². The number of carbonyl (C=O) groups excluding carboxylic acids is 1. The second-order valence-corrected chi connectivity index (χ2v) is 4.73. The topological polar surface area (TPSA) is 86.4 Å². The van der Waals surface area contributed by atoms with Crippen molar-refractivity contribution in [1.82, 2.24) is 9.78 Å². The van der Waals surface area contributed by atoms with Crippen LogP contribution in [-0.4, -0.2) is 22.8 Å². The largest absolute Gasteiger partial charge is 0.452 e. The van der Waals surface area contributed by atoms with Gasteiger partial charge in [-0.25, -0.2) is 9.18 Å². The molecule has 3 aromatic rings. The van der Waals surface area contributed by atoms with E-state index >= 15 is 0 Å². The van der Waals surface area contributed by atoms with Crippen LogP contribution in [0.3, 0.4) is 0 Å². The summed E-state index contributed by atoms with van der Waals surface area (Å²) in [6.45, 7) is 0. The highest BCUT2D eigenvalue weighted by Gasteiger charge is 2.12. The molecule has 24 heavy (non-hydrogen) atoms. The second kappa shape index (κ2) is 6.37. The standard InChI is InChI=1S/C16H12FN3O4/c1-23-15-19-20(16(22)24-15)11-8-6-10(7-9-11)18-14(21)12-4-2-3-5-13(12)17/h2-9H,1H3,(H,18,21). The number of anilines is 1. The van der Waals surface area contributed by atoms with Gasteiger partial charge in [-0.05, 0) is 36.4 Å². The summed E-state index contributed by atoms with van der Waals surface area (Å²) in [7, 11) is 1.33. The Labute approximate surface area is 135 Å². The van der Waals surface area contributed by atoms with Crippen LogP contribution in [0.15, 0.2) is 57.7 Å². The summed E-state index contributed by atoms with van der Waals surface area (Å²) in [5, 5.41) is 6.40. The van der Waals surface area contributed by atoms with Crippen LogP contribution in [0.1, 0.15) is 10.4 Å². The van der Waals surface area contributed by atoms with Gasteiger partial charge in [-0.2, -0.15) is 4.68 Å². The summed E-state index contributed by atoms with van der Waals surface area (Å²) in [5.41, 5.74) is 0.811. The lowest BCUT2D eigenvalue weighted by Gasteiger charge is -2.06. The maximum absolute atomic E-state index is 13.6. The molecule has 0 radical (unpaired) electrons. The zero-order valence-electron chi connectivity index (χ0n) is 12.5. The Hall–Kier alpha value is -3.42. The van der Waals surface area contributed by atoms with Crippen LogP contribution in [0.4, 0.5) is 10.1 Å². The number of ether oxygens (including phenoxy) is 1. The van der Waals surface area contributed by atoms with Gasteiger partial charge in [-0.3, -0.25) is 4.79 Å². The number of rotatable bonds is 4. The van der Waals surface area contributed by atoms with Gasteiger partial charge in [-0.15, -0.1) is 0 Å². The van der Waals surface area contributed by atoms with Crippen LogP contribution in [-0.2, 0) is 0 Å². The van der Waals surface area contributed by atoms with Gasteiger partial charge >= 0.3 is 11.8 Å². The highest BCUT2D eigenvalue weighted by atomic mass is 19.1. The van der Waals surface area contributed by atoms with E-state index in [2.05, 4.69) is 10.4 Å². The van der Waals surface area contributed by atoms with Crippen molar-refractivity contribution in [2.45, 2.75) is 0 Å². The van der Waals surface area contributed by atoms with Gasteiger partial charge in [0.15, 0.2) is 0 Å². The maximum Gasteiger partial charge on any atom is 0.444 e. The van der Waals surface area contributed by atoms with E-state index in [1.165, 1.54) is 25.3 Å². The third-order valence-electron chi connectivity index (χ3n) is 3.19. The third-order valence-corrected chi connectivity index (χ3v) is 3.19. The van der Waals surface area contributed by atoms with Gasteiger partial charge in [0, 0.05) is 5.69 Å². The van der Waals surface area contributed by atoms with Crippen molar-refractivity contribution in [2.75, 3.05) is 12.4 Å². The average Bonchev–Trinajstić information content (AvgIpc) is 2.97. The Morgan fingerprint density at radius 1 is 1.21 bits per heavy atom. The first kappa shape index (κ1) is 15.5. The second-order valence-electron chi connectivity index (χ2n) is 4.73. The zero-order valence-corrected chi connectivity index (χ0v) is 12.5. The van der Waals surface area contributed by atoms with E-state index in [9.17, 15) is 14.0 Å². The minimum atomic E-state index is -0.699. The Kier molecular flexibility index (Phi) is 4.11. The molecule has 8 heteroatoms. The molecule has 1 N–H and O–H groups in total. The molecule has 0 fully saturated rings. The number of hydrogen-bond acceptors (Lipinski definition) is 5. The fourth-order valence-corrected chi connectivity index (χ4v) is 2.04. The summed E-state index contributed by atoms with van der Waals surface area (Å²) < 4.78 is 24.1. The van der Waals surface area contributed by atoms with Gasteiger partial charge in [0.2, 0.25) is 0 Å². The number of halogens is 1. The number of hydrogen-bond donors (Lipinski definition) is 1. The molecule has 0 aliphatic carbocycles. The van der Waals surface area contributed by atoms with Crippen LogP contribution in [0.2, 0.25) is 0 Å². The van der Waals surface area contributed by atoms with Crippen LogP contribution < -0.4 is 15.8 Å². The number of methoxy groups -OCH3 is 1. The number of benzene rings is 2. The van der Waals surface area contributed by atoms with Crippen LogP contribution >= 0.6 is 0 Å². The predicted octanol–water partition coefficient (Wildman–Crippen LogP) is 2.23. The molecule has 0 aliphatic heterocycles. The van der Waals surface area contributed by atoms with Crippen molar-refractivity contribution >= 4 is 11.6 Å². The summed E-state index contributed by atoms with van der Waals surface area (Å²) in [4.78, 5) is 23.7. The summed E-state index contributed by atoms with van der Waals surface area (Å²) in [6, 6.07) is 11.9. The van der Waals surface area contributed by atoms with E-state index in [1.54, 1.807) is 30.3 Å². The van der Waals surface area contributed by atoms with Crippen molar-refractivity contribution in [2.24, 2.45) is 0 Å². The van der Waals surface area contributed by atoms with E-state index in [0.717, 1.165) is 4.68 Å². The van der Waals surface area contributed by atoms with Crippen molar-refractivity contribution in [1.29, 1.82) is 0 Å². The van der Waals surface area contributed by atoms with Crippen LogP contribution in [0.25, 0.3) is 5.69 Å². The van der Waals surface area contributed by atoms with Crippen molar-refractivity contribution in [3.05, 3.63) is 70.5 Å². The van der Waals surface area contributed by atoms with E-state index in [-0.39, 0.29) is 11.6 Å². The molecule has 1 amide bonds. The Bertz CT molecular complexity index is 931. The van der Waals surface area contributed by atoms with Gasteiger partial charge < -0.3 is 14.5 Å². The number of nitrogens with zero attached hydrogens (tertiary/aromatic N) is 2. The van der Waals surface area contributed by atoms with Gasteiger partial charge in [0.25, 0.3) is 5.91 Å². The molecule has 1 heterocycles. The number of carbonyl (C=O) groups is 1. The summed E-state index contributed by atoms with van der Waals surface area (Å²) in [6.07, 6.45) is -0.156. The Morgan fingerprint density at radius 2 is 1.92 bits per heavy atom. The lowest BCUT2D eigenvalue weighted by Crippen LogP contribution is -2.15. The molecule has 0 saturated carbocycles. The van der Waals surface area contributed by atoms with Crippen molar-refractivity contribution < 1.29 is 18.3 Å². The van der Waals surface area contributed by atoms with E-state index in [0.29, 0.717) is 11.4 Å². The fraction of sp³-hybridized carbons (Fsp3) is 0.0625. The lowest BCUT2D eigenvalue weighted by molar-refractivity contribution is 0.102. The smallest absolute Gasteiger partial charge is 0.444 e. The molecular weight excluding hydrogens is 317 g/mol. The zero-order chi connectivity index (χ0) is 17.1. The van der Waals surface area contributed by atoms with Crippen molar-refractivity contribution in [3.8, 4) is 11.8 Å². The Balaban J connectivity index is 1.80. The third kappa shape index (κ3) is 3.02. The normalized spacial score (nSPS) is 10.4. The van der Waals surface area contributed by atoms with Gasteiger partial charge in [-0.1, -0.05) is 17.2 Å². The highest BCUT2D eigenvalue weighted by molar-refractivity contribution is 6.04. The molecule has 0 aliphatic rings. The average molecular weight is 329 g/mol. The van der Waals surface area contributed by atoms with Crippen LogP contribution in [0, 0.1) is 5.82 Å². The molecule has 0 unspecified atom stereocenters. The minimum Gasteiger partial charge on any atom is -0.452 e. The summed E-state index contributed by atoms with van der Waals surface area (Å²) in [5.74, 6) is -1.87. The monoisotopic (exact) mass is 329 g/mol. The van der Waals surface area contributed by atoms with E-state index in [1.807, 2.05) is 0 Å². The summed E-state index contributed by atoms with van der Waals surface area (Å²) >= 11 is 0. The molecule has 0 bridgehead atoms. The first-order valence-corrected chi connectivity index (χ1v) is 6.89. The first-order chi connectivity index (χ1) is 11.6. The molecule has 0 atom stereocenters. The fourth-order valence-electron chi connectivity index (χ4n) is 2.04. The maximum atomic E-state index is 13.6. The molecule has 3 rings (SSSR count). The van der Waals surface area contributed by atoms with E-state index < -0.39 is 17.5 Å². The Morgan fingerprint density at radius 3 is 2.54 bits per heavy atom. The lowest BCUT2D eigenvalue weighted by atomic mass is 10.2. The molecule has 0 saturated heterocycles. The molecule has 122 valence electrons. The highest BCUT2D eigenvalue weighted by Crippen LogP contribution is 2.15. The van der Waals surface area contributed by atoms with Crippen molar-refractivity contribution in [3.63, 3.8) is 0 Å². The molecule has 7 nitrogen and oxygen atoms in total. The number of amides is 1. The van der Waals surface area contributed by atoms with Gasteiger partial charge in [0.05, 0.1) is 18.4 Å². The molecular formula is C16H12FN3O4. The number of nitrogens with one attached hydrogen (secondary N) is 1. The number of aromatic nitrogens is 2. The minimum absolute atomic E-state index is 0.0565.